The van der Waals surface area contributed by atoms with Gasteiger partial charge in [-0.25, -0.2) is 9.59 Å². The van der Waals surface area contributed by atoms with E-state index in [1.54, 1.807) is 44.7 Å². The van der Waals surface area contributed by atoms with Gasteiger partial charge in [0.2, 0.25) is 11.8 Å². The van der Waals surface area contributed by atoms with E-state index in [4.69, 9.17) is 14.5 Å². The molecule has 528 valence electrons. The Hall–Kier alpha value is -9.54. The van der Waals surface area contributed by atoms with Crippen molar-refractivity contribution < 1.29 is 38.2 Å². The molecule has 7 heterocycles. The van der Waals surface area contributed by atoms with Gasteiger partial charge < -0.3 is 50.8 Å². The van der Waals surface area contributed by atoms with Crippen LogP contribution in [0.15, 0.2) is 169 Å². The van der Waals surface area contributed by atoms with Gasteiger partial charge in [0, 0.05) is 53.4 Å². The number of allylic oxidation sites excluding steroid dienone is 1. The SMILES string of the molecule is C.CC(C)OC(=O)N[C@@H](C(=O)N1CCC[C@H]1C(=O)Cc1ccc2[nH]c(-c3ccc(C4=CC([C@@H]5CCCN5C(=O)[C@H](NC(=O)OC(C)C)c5ccccc5)=NC4)cc3)cc2c1)c1ccccc1.O=C(Nc1ccc2c(c1)C=C(c1ccc(-c3cc([C@@H]4CCCN4)[nH]n3)cc1)C2)[C@@H]1CCCN1.S.S. The van der Waals surface area contributed by atoms with Crippen LogP contribution >= 0.6 is 27.0 Å². The van der Waals surface area contributed by atoms with Crippen molar-refractivity contribution in [3.63, 3.8) is 0 Å². The molecule has 4 fully saturated rings. The van der Waals surface area contributed by atoms with Crippen molar-refractivity contribution in [3.05, 3.63) is 208 Å². The first-order valence-electron chi connectivity index (χ1n) is 34.6. The summed E-state index contributed by atoms with van der Waals surface area (Å²) >= 11 is 0. The van der Waals surface area contributed by atoms with Crippen LogP contribution in [0.2, 0.25) is 0 Å². The van der Waals surface area contributed by atoms with Gasteiger partial charge in [-0.2, -0.15) is 32.1 Å². The maximum absolute atomic E-state index is 14.1. The highest BCUT2D eigenvalue weighted by molar-refractivity contribution is 7.59. The number of hydrogen-bond donors (Lipinski definition) is 7. The number of amides is 5. The third-order valence-corrected chi connectivity index (χ3v) is 19.2. The van der Waals surface area contributed by atoms with Gasteiger partial charge in [0.1, 0.15) is 12.1 Å². The normalized spacial score (nSPS) is 18.7. The number of likely N-dealkylation sites (tertiary alicyclic amines) is 2. The monoisotopic (exact) mass is 1400 g/mol. The van der Waals surface area contributed by atoms with Crippen molar-refractivity contribution in [2.45, 2.75) is 148 Å². The van der Waals surface area contributed by atoms with E-state index in [9.17, 15) is 28.8 Å². The van der Waals surface area contributed by atoms with Crippen molar-refractivity contribution in [3.8, 4) is 22.5 Å². The Bertz CT molecular complexity index is 4330. The molecule has 6 atom stereocenters. The Morgan fingerprint density at radius 2 is 1.22 bits per heavy atom. The Labute approximate surface area is 605 Å². The first-order valence-corrected chi connectivity index (χ1v) is 34.6. The summed E-state index contributed by atoms with van der Waals surface area (Å²) in [4.78, 5) is 91.7. The maximum Gasteiger partial charge on any atom is 0.408 e. The van der Waals surface area contributed by atoms with Crippen molar-refractivity contribution in [1.82, 2.24) is 46.2 Å². The van der Waals surface area contributed by atoms with E-state index in [1.165, 1.54) is 34.4 Å². The Balaban J connectivity index is 0.000000256. The lowest BCUT2D eigenvalue weighted by Gasteiger charge is -2.29. The molecule has 7 N–H and O–H groups in total. The second-order valence-corrected chi connectivity index (χ2v) is 26.8. The van der Waals surface area contributed by atoms with E-state index < -0.39 is 30.3 Å². The first kappa shape index (κ1) is 74.2. The topological polar surface area (TPSA) is 244 Å². The number of ketones is 1. The number of ether oxygens (including phenoxy) is 2. The lowest BCUT2D eigenvalue weighted by molar-refractivity contribution is -0.139. The average molecular weight is 1400 g/mol. The fourth-order valence-corrected chi connectivity index (χ4v) is 14.3. The summed E-state index contributed by atoms with van der Waals surface area (Å²) in [6.45, 7) is 10.5. The quantitative estimate of drug-likeness (QED) is 0.0401. The average Bonchev–Trinajstić information content (AvgIpc) is 1.69. The van der Waals surface area contributed by atoms with E-state index >= 15 is 0 Å². The third-order valence-electron chi connectivity index (χ3n) is 19.2. The van der Waals surface area contributed by atoms with Gasteiger partial charge in [-0.05, 0) is 197 Å². The number of hydrogen-bond acceptors (Lipinski definition) is 12. The highest BCUT2D eigenvalue weighted by atomic mass is 32.1. The summed E-state index contributed by atoms with van der Waals surface area (Å²) in [6.07, 6.45) is 10.6. The van der Waals surface area contributed by atoms with Gasteiger partial charge >= 0.3 is 12.2 Å². The molecule has 8 aromatic rings. The Kier molecular flexibility index (Phi) is 24.8. The predicted molar refractivity (Wildman–Crippen MR) is 409 cm³/mol. The number of alkyl carbamates (subject to hydrolysis) is 2. The van der Waals surface area contributed by atoms with Gasteiger partial charge in [0.15, 0.2) is 5.78 Å². The molecular weight excluding hydrogens is 1310 g/mol. The second kappa shape index (κ2) is 33.8. The predicted octanol–water partition coefficient (Wildman–Crippen LogP) is 13.7. The summed E-state index contributed by atoms with van der Waals surface area (Å²) in [5.41, 5.74) is 17.2. The second-order valence-electron chi connectivity index (χ2n) is 26.8. The minimum Gasteiger partial charge on any atom is -0.447 e. The summed E-state index contributed by atoms with van der Waals surface area (Å²) < 4.78 is 10.6. The fourth-order valence-electron chi connectivity index (χ4n) is 14.3. The highest BCUT2D eigenvalue weighted by Gasteiger charge is 2.40. The first-order chi connectivity index (χ1) is 47.6. The lowest BCUT2D eigenvalue weighted by atomic mass is 9.99. The Morgan fingerprint density at radius 1 is 0.604 bits per heavy atom. The number of rotatable bonds is 19. The van der Waals surface area contributed by atoms with Crippen LogP contribution < -0.4 is 26.6 Å². The number of carbonyl (C=O) groups is 6. The molecule has 14 rings (SSSR count). The van der Waals surface area contributed by atoms with Crippen molar-refractivity contribution in [2.24, 2.45) is 4.99 Å². The summed E-state index contributed by atoms with van der Waals surface area (Å²) in [6, 6.07) is 49.4. The molecular formula is C80H93N11O8S2. The third kappa shape index (κ3) is 17.6. The molecule has 2 aromatic heterocycles. The highest BCUT2D eigenvalue weighted by Crippen LogP contribution is 2.37. The molecule has 6 aliphatic rings. The van der Waals surface area contributed by atoms with E-state index in [1.807, 2.05) is 77.7 Å². The van der Waals surface area contributed by atoms with E-state index in [0.717, 1.165) is 113 Å². The molecule has 101 heavy (non-hydrogen) atoms. The molecule has 0 radical (unpaired) electrons. The molecule has 0 bridgehead atoms. The maximum atomic E-state index is 14.1. The van der Waals surface area contributed by atoms with Crippen LogP contribution in [0.5, 0.6) is 0 Å². The number of carbonyl (C=O) groups excluding carboxylic acids is 6. The minimum absolute atomic E-state index is 0. The molecule has 19 nitrogen and oxygen atoms in total. The summed E-state index contributed by atoms with van der Waals surface area (Å²) in [7, 11) is 0. The number of fused-ring (bicyclic) bond motifs is 2. The molecule has 6 aromatic carbocycles. The van der Waals surface area contributed by atoms with Gasteiger partial charge in [-0.1, -0.05) is 135 Å². The fraction of sp³-hybridized carbons (Fsp3) is 0.350. The summed E-state index contributed by atoms with van der Waals surface area (Å²) in [5.74, 6) is -0.500. The van der Waals surface area contributed by atoms with E-state index in [-0.39, 0.29) is 88.6 Å². The smallest absolute Gasteiger partial charge is 0.408 e. The molecule has 4 saturated heterocycles. The van der Waals surface area contributed by atoms with Gasteiger partial charge in [-0.15, -0.1) is 0 Å². The molecule has 0 saturated carbocycles. The molecule has 1 aliphatic carbocycles. The largest absolute Gasteiger partial charge is 0.447 e. The number of nitrogens with one attached hydrogen (secondary N) is 7. The van der Waals surface area contributed by atoms with Gasteiger partial charge in [-0.3, -0.25) is 29.3 Å². The van der Waals surface area contributed by atoms with Crippen molar-refractivity contribution in [1.29, 1.82) is 0 Å². The number of anilines is 1. The number of aromatic amines is 2. The number of aliphatic imine (C=N–C) groups is 1. The van der Waals surface area contributed by atoms with E-state index in [0.29, 0.717) is 49.6 Å². The van der Waals surface area contributed by atoms with Gasteiger partial charge in [0.05, 0.1) is 54.0 Å². The number of aromatic nitrogens is 3. The van der Waals surface area contributed by atoms with Crippen LogP contribution in [0.1, 0.15) is 149 Å². The minimum atomic E-state index is -0.979. The zero-order valence-corrected chi connectivity index (χ0v) is 58.9. The van der Waals surface area contributed by atoms with Crippen LogP contribution in [0.25, 0.3) is 50.6 Å². The molecule has 5 amide bonds. The molecule has 0 unspecified atom stereocenters. The number of Topliss-reactive ketones (excluding diaryl/α,β-unsaturated/α-hetero) is 1. The molecule has 21 heteroatoms. The van der Waals surface area contributed by atoms with Crippen LogP contribution in [-0.2, 0) is 41.5 Å². The number of benzene rings is 6. The van der Waals surface area contributed by atoms with Crippen molar-refractivity contribution in [2.75, 3.05) is 38.0 Å². The number of H-pyrrole nitrogens is 2. The van der Waals surface area contributed by atoms with Crippen LogP contribution in [0, 0.1) is 0 Å². The van der Waals surface area contributed by atoms with Crippen LogP contribution in [0.4, 0.5) is 15.3 Å². The zero-order chi connectivity index (χ0) is 67.8. The van der Waals surface area contributed by atoms with Gasteiger partial charge in [0.25, 0.3) is 5.91 Å². The lowest BCUT2D eigenvalue weighted by Crippen LogP contribution is -2.48. The van der Waals surface area contributed by atoms with Crippen LogP contribution in [0.3, 0.4) is 0 Å². The number of nitrogens with zero attached hydrogens (tertiary/aromatic N) is 4. The van der Waals surface area contributed by atoms with E-state index in [2.05, 4.69) is 127 Å². The van der Waals surface area contributed by atoms with Crippen molar-refractivity contribution >= 4 is 102 Å². The molecule has 0 spiro atoms. The standard InChI is InChI=1S/C52H56N6O7.C27H29N5O.CH4.2H2S/c1-32(2)64-51(62)55-47(37-13-7-5-8-14-37)49(60)57-25-11-17-44(57)43-30-40(31-53-43)35-20-22-36(23-21-35)42-29-39-27-34(19-24-41(39)54-42)28-46(59)45-18-12-26-58(45)50(61)48(38-15-9-6-10-16-38)56-52(63)65-33(3)4;33-27(24-4-2-12-29-24)30-22-10-9-19-13-20(14-21(19)15-22)17-5-7-18(8-6-17)25-16-26(32-31-25)23-3-1-11-28-23;;;/h5-10,13-16,19-24,27,29-30,32-33,44-45,47-48,54H,11-12,17-18,25-26,28,31H2,1-4H3,(H,55,62)(H,56,63);5-10,14-16,23-24,28-29H,1-4,11-13H2,(H,30,33)(H,31,32);1H4;2*1H2/t44-,45-,47+,48+;23-,24-;;;/m00.../s1. The van der Waals surface area contributed by atoms with Crippen LogP contribution in [-0.4, -0.2) is 129 Å². The molecule has 5 aliphatic heterocycles. The summed E-state index contributed by atoms with van der Waals surface area (Å²) in [5, 5.41) is 24.1. The zero-order valence-electron chi connectivity index (χ0n) is 56.9. The Morgan fingerprint density at radius 3 is 1.86 bits per heavy atom.